The maximum Gasteiger partial charge on any atom is 0.250 e. The van der Waals surface area contributed by atoms with Crippen molar-refractivity contribution in [1.29, 1.82) is 0 Å². The maximum atomic E-state index is 11.0. The molecule has 1 aromatic rings. The van der Waals surface area contributed by atoms with Gasteiger partial charge in [-0.05, 0) is 43.5 Å². The van der Waals surface area contributed by atoms with Crippen molar-refractivity contribution in [3.63, 3.8) is 0 Å². The van der Waals surface area contributed by atoms with Crippen molar-refractivity contribution in [3.8, 4) is 0 Å². The highest BCUT2D eigenvalue weighted by Crippen LogP contribution is 2.19. The molecule has 0 aliphatic carbocycles. The molecule has 0 aliphatic heterocycles. The van der Waals surface area contributed by atoms with Gasteiger partial charge in [0.2, 0.25) is 5.91 Å². The summed E-state index contributed by atoms with van der Waals surface area (Å²) in [6.07, 6.45) is 0. The molecule has 1 amide bonds. The SMILES string of the molecule is Cc1cc(C)c(NC(=O)CO)cc1C. The van der Waals surface area contributed by atoms with Gasteiger partial charge in [0.15, 0.2) is 0 Å². The van der Waals surface area contributed by atoms with Crippen molar-refractivity contribution in [2.24, 2.45) is 0 Å². The van der Waals surface area contributed by atoms with E-state index >= 15 is 0 Å². The first kappa shape index (κ1) is 10.7. The van der Waals surface area contributed by atoms with Gasteiger partial charge in [-0.1, -0.05) is 6.07 Å². The normalized spacial score (nSPS) is 10.0. The molecule has 0 bridgehead atoms. The molecule has 1 rings (SSSR count). The second kappa shape index (κ2) is 4.24. The van der Waals surface area contributed by atoms with Crippen LogP contribution in [0.1, 0.15) is 16.7 Å². The van der Waals surface area contributed by atoms with E-state index in [1.54, 1.807) is 0 Å². The van der Waals surface area contributed by atoms with Crippen LogP contribution in [0, 0.1) is 20.8 Å². The van der Waals surface area contributed by atoms with E-state index in [9.17, 15) is 4.79 Å². The van der Waals surface area contributed by atoms with Gasteiger partial charge < -0.3 is 10.4 Å². The summed E-state index contributed by atoms with van der Waals surface area (Å²) in [6, 6.07) is 3.93. The highest BCUT2D eigenvalue weighted by Gasteiger charge is 2.04. The molecule has 0 atom stereocenters. The number of aryl methyl sites for hydroxylation is 3. The first-order valence-electron chi connectivity index (χ1n) is 4.53. The largest absolute Gasteiger partial charge is 0.387 e. The Bertz CT molecular complexity index is 359. The molecule has 0 spiro atoms. The van der Waals surface area contributed by atoms with Gasteiger partial charge in [0.25, 0.3) is 0 Å². The smallest absolute Gasteiger partial charge is 0.250 e. The zero-order valence-electron chi connectivity index (χ0n) is 8.72. The van der Waals surface area contributed by atoms with Gasteiger partial charge in [0.05, 0.1) is 0 Å². The average Bonchev–Trinajstić information content (AvgIpc) is 2.14. The molecular weight excluding hydrogens is 178 g/mol. The van der Waals surface area contributed by atoms with Crippen LogP contribution in [0.25, 0.3) is 0 Å². The van der Waals surface area contributed by atoms with Crippen LogP contribution in [0.4, 0.5) is 5.69 Å². The number of aliphatic hydroxyl groups is 1. The zero-order chi connectivity index (χ0) is 10.7. The van der Waals surface area contributed by atoms with Gasteiger partial charge in [0.1, 0.15) is 6.61 Å². The molecule has 3 heteroatoms. The van der Waals surface area contributed by atoms with Crippen LogP contribution in [0.5, 0.6) is 0 Å². The van der Waals surface area contributed by atoms with Gasteiger partial charge in [-0.2, -0.15) is 0 Å². The van der Waals surface area contributed by atoms with E-state index in [2.05, 4.69) is 5.32 Å². The first-order valence-corrected chi connectivity index (χ1v) is 4.53. The number of anilines is 1. The van der Waals surface area contributed by atoms with Crippen LogP contribution >= 0.6 is 0 Å². The third-order valence-corrected chi connectivity index (χ3v) is 2.26. The second-order valence-corrected chi connectivity index (χ2v) is 3.46. The van der Waals surface area contributed by atoms with Gasteiger partial charge in [-0.15, -0.1) is 0 Å². The molecule has 0 saturated heterocycles. The lowest BCUT2D eigenvalue weighted by Gasteiger charge is -2.10. The highest BCUT2D eigenvalue weighted by molar-refractivity contribution is 5.92. The third-order valence-electron chi connectivity index (χ3n) is 2.26. The molecular formula is C11H15NO2. The molecule has 2 N–H and O–H groups in total. The number of benzene rings is 1. The zero-order valence-corrected chi connectivity index (χ0v) is 8.72. The number of carbonyl (C=O) groups is 1. The summed E-state index contributed by atoms with van der Waals surface area (Å²) in [5, 5.41) is 11.2. The van der Waals surface area contributed by atoms with Crippen molar-refractivity contribution < 1.29 is 9.90 Å². The van der Waals surface area contributed by atoms with Crippen molar-refractivity contribution in [2.45, 2.75) is 20.8 Å². The summed E-state index contributed by atoms with van der Waals surface area (Å²) in [5.74, 6) is -0.378. The number of carbonyl (C=O) groups excluding carboxylic acids is 1. The molecule has 0 aromatic heterocycles. The van der Waals surface area contributed by atoms with Crippen LogP contribution in [-0.4, -0.2) is 17.6 Å². The molecule has 0 heterocycles. The van der Waals surface area contributed by atoms with Crippen LogP contribution < -0.4 is 5.32 Å². The summed E-state index contributed by atoms with van der Waals surface area (Å²) in [6.45, 7) is 5.47. The van der Waals surface area contributed by atoms with E-state index in [1.165, 1.54) is 5.56 Å². The molecule has 0 radical (unpaired) electrons. The number of hydrogen-bond acceptors (Lipinski definition) is 2. The Hall–Kier alpha value is -1.35. The van der Waals surface area contributed by atoms with Crippen LogP contribution in [0.2, 0.25) is 0 Å². The highest BCUT2D eigenvalue weighted by atomic mass is 16.3. The average molecular weight is 193 g/mol. The summed E-state index contributed by atoms with van der Waals surface area (Å²) < 4.78 is 0. The number of amides is 1. The van der Waals surface area contributed by atoms with Crippen molar-refractivity contribution in [1.82, 2.24) is 0 Å². The van der Waals surface area contributed by atoms with E-state index in [4.69, 9.17) is 5.11 Å². The van der Waals surface area contributed by atoms with E-state index < -0.39 is 6.61 Å². The Labute approximate surface area is 83.8 Å². The first-order chi connectivity index (χ1) is 6.54. The Morgan fingerprint density at radius 1 is 1.21 bits per heavy atom. The lowest BCUT2D eigenvalue weighted by Crippen LogP contribution is -2.16. The monoisotopic (exact) mass is 193 g/mol. The predicted molar refractivity (Wildman–Crippen MR) is 56.4 cm³/mol. The number of rotatable bonds is 2. The summed E-state index contributed by atoms with van der Waals surface area (Å²) in [7, 11) is 0. The molecule has 0 saturated carbocycles. The quantitative estimate of drug-likeness (QED) is 0.748. The topological polar surface area (TPSA) is 49.3 Å². The fraction of sp³-hybridized carbons (Fsp3) is 0.364. The molecule has 3 nitrogen and oxygen atoms in total. The minimum absolute atomic E-state index is 0.378. The van der Waals surface area contributed by atoms with E-state index in [-0.39, 0.29) is 5.91 Å². The van der Waals surface area contributed by atoms with Gasteiger partial charge in [-0.25, -0.2) is 0 Å². The lowest BCUT2D eigenvalue weighted by molar-refractivity contribution is -0.118. The summed E-state index contributed by atoms with van der Waals surface area (Å²) >= 11 is 0. The van der Waals surface area contributed by atoms with Gasteiger partial charge in [-0.3, -0.25) is 4.79 Å². The van der Waals surface area contributed by atoms with Crippen LogP contribution in [-0.2, 0) is 4.79 Å². The van der Waals surface area contributed by atoms with Crippen molar-refractivity contribution in [3.05, 3.63) is 28.8 Å². The molecule has 0 fully saturated rings. The molecule has 1 aromatic carbocycles. The Morgan fingerprint density at radius 3 is 2.36 bits per heavy atom. The summed E-state index contributed by atoms with van der Waals surface area (Å²) in [5.41, 5.74) is 4.11. The van der Waals surface area contributed by atoms with Crippen LogP contribution in [0.3, 0.4) is 0 Å². The third kappa shape index (κ3) is 2.33. The molecule has 0 unspecified atom stereocenters. The van der Waals surface area contributed by atoms with Crippen molar-refractivity contribution >= 4 is 11.6 Å². The lowest BCUT2D eigenvalue weighted by atomic mass is 10.1. The minimum atomic E-state index is -0.480. The summed E-state index contributed by atoms with van der Waals surface area (Å²) in [4.78, 5) is 11.0. The van der Waals surface area contributed by atoms with Crippen LogP contribution in [0.15, 0.2) is 12.1 Å². The second-order valence-electron chi connectivity index (χ2n) is 3.46. The molecule has 0 aliphatic rings. The fourth-order valence-electron chi connectivity index (χ4n) is 1.28. The van der Waals surface area contributed by atoms with E-state index in [1.807, 2.05) is 32.9 Å². The van der Waals surface area contributed by atoms with Gasteiger partial charge >= 0.3 is 0 Å². The van der Waals surface area contributed by atoms with E-state index in [0.29, 0.717) is 0 Å². The number of hydrogen-bond donors (Lipinski definition) is 2. The Balaban J connectivity index is 2.98. The Kier molecular flexibility index (Phi) is 3.25. The Morgan fingerprint density at radius 2 is 1.79 bits per heavy atom. The van der Waals surface area contributed by atoms with Gasteiger partial charge in [0, 0.05) is 5.69 Å². The number of aliphatic hydroxyl groups excluding tert-OH is 1. The standard InChI is InChI=1S/C11H15NO2/c1-7-4-9(3)10(5-8(7)2)12-11(14)6-13/h4-5,13H,6H2,1-3H3,(H,12,14). The van der Waals surface area contributed by atoms with E-state index in [0.717, 1.165) is 16.8 Å². The minimum Gasteiger partial charge on any atom is -0.387 e. The van der Waals surface area contributed by atoms with Crippen molar-refractivity contribution in [2.75, 3.05) is 11.9 Å². The molecule has 14 heavy (non-hydrogen) atoms. The predicted octanol–water partition coefficient (Wildman–Crippen LogP) is 1.54. The molecule has 76 valence electrons. The number of nitrogens with one attached hydrogen (secondary N) is 1. The maximum absolute atomic E-state index is 11.0. The fourth-order valence-corrected chi connectivity index (χ4v) is 1.28.